The molecule has 0 bridgehead atoms. The molecule has 0 unspecified atom stereocenters. The second-order valence-electron chi connectivity index (χ2n) is 9.58. The van der Waals surface area contributed by atoms with Crippen LogP contribution < -0.4 is 10.6 Å². The fourth-order valence-electron chi connectivity index (χ4n) is 3.96. The predicted molar refractivity (Wildman–Crippen MR) is 129 cm³/mol. The van der Waals surface area contributed by atoms with Gasteiger partial charge >= 0.3 is 0 Å². The number of nitrogens with zero attached hydrogens (tertiary/aromatic N) is 4. The molecule has 4 aromatic rings. The van der Waals surface area contributed by atoms with Crippen LogP contribution >= 0.6 is 0 Å². The number of carbonyl (C=O) groups excluding carboxylic acids is 1. The smallest absolute Gasteiger partial charge is 0.292 e. The molecule has 5 rings (SSSR count). The average Bonchev–Trinajstić information content (AvgIpc) is 3.59. The van der Waals surface area contributed by atoms with Crippen LogP contribution in [0.25, 0.3) is 28.2 Å². The average molecular weight is 476 g/mol. The Morgan fingerprint density at radius 1 is 1.29 bits per heavy atom. The van der Waals surface area contributed by atoms with Gasteiger partial charge in [0.2, 0.25) is 5.89 Å². The molecular weight excluding hydrogens is 449 g/mol. The molecule has 9 nitrogen and oxygen atoms in total. The molecule has 1 aromatic carbocycles. The number of hydrogen-bond acceptors (Lipinski definition) is 7. The second-order valence-corrected chi connectivity index (χ2v) is 9.58. The van der Waals surface area contributed by atoms with Crippen molar-refractivity contribution in [2.75, 3.05) is 13.1 Å². The van der Waals surface area contributed by atoms with Crippen LogP contribution in [0.3, 0.4) is 0 Å². The van der Waals surface area contributed by atoms with Crippen LogP contribution in [0.2, 0.25) is 0 Å². The Bertz CT molecular complexity index is 1420. The van der Waals surface area contributed by atoms with E-state index in [1.54, 1.807) is 12.3 Å². The van der Waals surface area contributed by atoms with E-state index in [1.165, 1.54) is 11.6 Å². The molecule has 1 fully saturated rings. The number of benzene rings is 1. The maximum absolute atomic E-state index is 15.0. The summed E-state index contributed by atoms with van der Waals surface area (Å²) in [6, 6.07) is 6.80. The van der Waals surface area contributed by atoms with E-state index in [0.29, 0.717) is 22.7 Å². The largest absolute Gasteiger partial charge is 0.345 e. The lowest BCUT2D eigenvalue weighted by Gasteiger charge is -2.10. The Morgan fingerprint density at radius 3 is 2.86 bits per heavy atom. The number of aromatic amines is 1. The normalized spacial score (nSPS) is 15.3. The van der Waals surface area contributed by atoms with Crippen molar-refractivity contribution < 1.29 is 13.7 Å². The molecule has 4 heterocycles. The SMILES string of the molecule is CC(C)(C)c1nc(C(=O)NCc2ccc(-c3ccnc4[nH]nc(C=C5CCNC5)c34)cc2F)no1. The highest BCUT2D eigenvalue weighted by Gasteiger charge is 2.24. The summed E-state index contributed by atoms with van der Waals surface area (Å²) in [5.74, 6) is -0.675. The van der Waals surface area contributed by atoms with Crippen LogP contribution in [-0.4, -0.2) is 44.3 Å². The first kappa shape index (κ1) is 22.9. The van der Waals surface area contributed by atoms with Gasteiger partial charge < -0.3 is 15.2 Å². The zero-order chi connectivity index (χ0) is 24.6. The molecule has 0 spiro atoms. The number of H-pyrrole nitrogens is 1. The number of aromatic nitrogens is 5. The van der Waals surface area contributed by atoms with Gasteiger partial charge in [0.15, 0.2) is 5.65 Å². The van der Waals surface area contributed by atoms with Gasteiger partial charge in [0, 0.05) is 30.3 Å². The number of rotatable bonds is 5. The van der Waals surface area contributed by atoms with Crippen LogP contribution in [-0.2, 0) is 12.0 Å². The minimum atomic E-state index is -0.527. The fraction of sp³-hybridized carbons (Fsp3) is 0.320. The molecule has 1 saturated heterocycles. The topological polar surface area (TPSA) is 122 Å². The second kappa shape index (κ2) is 9.03. The van der Waals surface area contributed by atoms with Crippen molar-refractivity contribution in [2.24, 2.45) is 0 Å². The first-order valence-electron chi connectivity index (χ1n) is 11.4. The van der Waals surface area contributed by atoms with E-state index in [4.69, 9.17) is 4.52 Å². The van der Waals surface area contributed by atoms with Crippen molar-refractivity contribution in [3.05, 3.63) is 64.8 Å². The lowest BCUT2D eigenvalue weighted by atomic mass is 9.97. The molecular formula is C25H26FN7O2. The van der Waals surface area contributed by atoms with Gasteiger partial charge in [-0.1, -0.05) is 43.6 Å². The van der Waals surface area contributed by atoms with Crippen LogP contribution in [0.15, 0.2) is 40.6 Å². The van der Waals surface area contributed by atoms with Crippen molar-refractivity contribution in [1.82, 2.24) is 36.0 Å². The molecule has 1 amide bonds. The van der Waals surface area contributed by atoms with E-state index in [0.717, 1.165) is 36.2 Å². The van der Waals surface area contributed by atoms with Crippen LogP contribution in [0.1, 0.15) is 55.0 Å². The number of carbonyl (C=O) groups is 1. The standard InChI is InChI=1S/C25H26FN7O2/c1-25(2,3)24-30-22(33-35-24)23(34)29-13-16-5-4-15(11-18(16)26)17-7-9-28-21-20(17)19(31-32-21)10-14-6-8-27-12-14/h4-5,7,9-11,27H,6,8,12-13H2,1-3H3,(H,29,34)(H,28,31,32). The number of hydrogen-bond donors (Lipinski definition) is 3. The lowest BCUT2D eigenvalue weighted by Crippen LogP contribution is -2.24. The molecule has 35 heavy (non-hydrogen) atoms. The summed E-state index contributed by atoms with van der Waals surface area (Å²) in [5.41, 5.74) is 4.20. The first-order valence-corrected chi connectivity index (χ1v) is 11.4. The summed E-state index contributed by atoms with van der Waals surface area (Å²) in [6.45, 7) is 7.50. The van der Waals surface area contributed by atoms with Gasteiger partial charge in [-0.25, -0.2) is 9.37 Å². The Labute approximate surface area is 201 Å². The molecule has 1 aliphatic rings. The van der Waals surface area contributed by atoms with Crippen molar-refractivity contribution >= 4 is 23.0 Å². The van der Waals surface area contributed by atoms with Gasteiger partial charge in [0.05, 0.1) is 11.1 Å². The summed E-state index contributed by atoms with van der Waals surface area (Å²) in [4.78, 5) is 20.9. The summed E-state index contributed by atoms with van der Waals surface area (Å²) in [6.07, 6.45) is 4.71. The molecule has 0 radical (unpaired) electrons. The molecule has 0 aliphatic carbocycles. The number of halogens is 1. The van der Waals surface area contributed by atoms with Gasteiger partial charge in [0.25, 0.3) is 11.7 Å². The van der Waals surface area contributed by atoms with E-state index < -0.39 is 11.7 Å². The lowest BCUT2D eigenvalue weighted by molar-refractivity contribution is 0.0937. The number of pyridine rings is 1. The number of amides is 1. The minimum absolute atomic E-state index is 0.00779. The van der Waals surface area contributed by atoms with E-state index in [1.807, 2.05) is 32.9 Å². The highest BCUT2D eigenvalue weighted by atomic mass is 19.1. The highest BCUT2D eigenvalue weighted by Crippen LogP contribution is 2.31. The van der Waals surface area contributed by atoms with Crippen molar-refractivity contribution in [3.8, 4) is 11.1 Å². The molecule has 0 atom stereocenters. The maximum Gasteiger partial charge on any atom is 0.292 e. The van der Waals surface area contributed by atoms with E-state index in [2.05, 4.69) is 42.0 Å². The fourth-order valence-corrected chi connectivity index (χ4v) is 3.96. The Balaban J connectivity index is 1.37. The van der Waals surface area contributed by atoms with Crippen LogP contribution in [0.4, 0.5) is 4.39 Å². The minimum Gasteiger partial charge on any atom is -0.345 e. The molecule has 180 valence electrons. The summed E-state index contributed by atoms with van der Waals surface area (Å²) in [7, 11) is 0. The van der Waals surface area contributed by atoms with Crippen LogP contribution in [0, 0.1) is 5.82 Å². The Hall–Kier alpha value is -3.92. The van der Waals surface area contributed by atoms with Crippen molar-refractivity contribution in [2.45, 2.75) is 39.2 Å². The molecule has 0 saturated carbocycles. The maximum atomic E-state index is 15.0. The monoisotopic (exact) mass is 475 g/mol. The first-order chi connectivity index (χ1) is 16.8. The van der Waals surface area contributed by atoms with Gasteiger partial charge in [-0.05, 0) is 42.3 Å². The summed E-state index contributed by atoms with van der Waals surface area (Å²) < 4.78 is 20.2. The highest BCUT2D eigenvalue weighted by molar-refractivity contribution is 5.98. The van der Waals surface area contributed by atoms with E-state index in [-0.39, 0.29) is 17.8 Å². The summed E-state index contributed by atoms with van der Waals surface area (Å²) in [5, 5.41) is 17.9. The third kappa shape index (κ3) is 4.69. The molecule has 1 aliphatic heterocycles. The zero-order valence-corrected chi connectivity index (χ0v) is 19.8. The Morgan fingerprint density at radius 2 is 2.14 bits per heavy atom. The predicted octanol–water partition coefficient (Wildman–Crippen LogP) is 3.75. The summed E-state index contributed by atoms with van der Waals surface area (Å²) >= 11 is 0. The number of nitrogens with one attached hydrogen (secondary N) is 3. The van der Waals surface area contributed by atoms with Crippen molar-refractivity contribution in [1.29, 1.82) is 0 Å². The molecule has 3 N–H and O–H groups in total. The number of fused-ring (bicyclic) bond motifs is 1. The third-order valence-electron chi connectivity index (χ3n) is 5.88. The molecule has 3 aromatic heterocycles. The quantitative estimate of drug-likeness (QED) is 0.402. The van der Waals surface area contributed by atoms with E-state index >= 15 is 4.39 Å². The Kier molecular flexibility index (Phi) is 5.89. The van der Waals surface area contributed by atoms with Crippen LogP contribution in [0.5, 0.6) is 0 Å². The van der Waals surface area contributed by atoms with Gasteiger partial charge in [-0.15, -0.1) is 0 Å². The van der Waals surface area contributed by atoms with Gasteiger partial charge in [-0.2, -0.15) is 10.1 Å². The third-order valence-corrected chi connectivity index (χ3v) is 5.88. The van der Waals surface area contributed by atoms with Gasteiger partial charge in [-0.3, -0.25) is 9.89 Å². The van der Waals surface area contributed by atoms with Gasteiger partial charge in [0.1, 0.15) is 5.82 Å². The van der Waals surface area contributed by atoms with Crippen molar-refractivity contribution in [3.63, 3.8) is 0 Å². The van der Waals surface area contributed by atoms with E-state index in [9.17, 15) is 4.79 Å². The zero-order valence-electron chi connectivity index (χ0n) is 19.8. The molecule has 10 heteroatoms.